The van der Waals surface area contributed by atoms with E-state index in [0.29, 0.717) is 35.7 Å². The standard InChI is InChI=1S/C24H26N4O6S2/c25-36(31,32)34-11-15-7-17(9-20(15)29)28-24-19(10-26-13-27-24)22(30)21-8-16(12-35-21)23-18-4-2-1-3-14(18)5-6-33-23/h1-4,8,10,12-13,15,17,20,23,29H,5-7,9,11H2,(H2,25,31,32)(H,26,27,28)/t15-,17-,20+,23+/m1/s1. The summed E-state index contributed by atoms with van der Waals surface area (Å²) in [6.07, 6.45) is 3.46. The summed E-state index contributed by atoms with van der Waals surface area (Å²) in [6, 6.07) is 9.80. The zero-order valence-corrected chi connectivity index (χ0v) is 20.9. The van der Waals surface area contributed by atoms with Crippen LogP contribution in [0.5, 0.6) is 0 Å². The molecule has 0 radical (unpaired) electrons. The lowest BCUT2D eigenvalue weighted by Gasteiger charge is -2.25. The van der Waals surface area contributed by atoms with Gasteiger partial charge in [-0.25, -0.2) is 15.1 Å². The fourth-order valence-electron chi connectivity index (χ4n) is 4.80. The van der Waals surface area contributed by atoms with E-state index < -0.39 is 22.3 Å². The van der Waals surface area contributed by atoms with E-state index in [0.717, 1.165) is 17.5 Å². The molecule has 1 aliphatic carbocycles. The lowest BCUT2D eigenvalue weighted by molar-refractivity contribution is 0.0701. The molecule has 1 aromatic carbocycles. The van der Waals surface area contributed by atoms with Crippen LogP contribution in [0.15, 0.2) is 48.2 Å². The highest BCUT2D eigenvalue weighted by molar-refractivity contribution is 7.84. The number of aromatic nitrogens is 2. The number of hydrogen-bond donors (Lipinski definition) is 3. The van der Waals surface area contributed by atoms with Crippen LogP contribution in [0.3, 0.4) is 0 Å². The van der Waals surface area contributed by atoms with E-state index >= 15 is 0 Å². The third kappa shape index (κ3) is 5.48. The molecule has 0 saturated heterocycles. The second kappa shape index (κ2) is 10.3. The van der Waals surface area contributed by atoms with E-state index in [9.17, 15) is 18.3 Å². The Balaban J connectivity index is 1.31. The van der Waals surface area contributed by atoms with Crippen LogP contribution in [0.2, 0.25) is 0 Å². The number of aliphatic hydroxyl groups excluding tert-OH is 1. The van der Waals surface area contributed by atoms with Crippen LogP contribution >= 0.6 is 11.3 Å². The molecular formula is C24H26N4O6S2. The van der Waals surface area contributed by atoms with E-state index in [1.54, 1.807) is 0 Å². The Kier molecular flexibility index (Phi) is 7.15. The summed E-state index contributed by atoms with van der Waals surface area (Å²) in [4.78, 5) is 22.3. The number of anilines is 1. The molecule has 10 nitrogen and oxygen atoms in total. The van der Waals surface area contributed by atoms with Gasteiger partial charge in [-0.05, 0) is 47.4 Å². The normalized spacial score (nSPS) is 23.8. The number of carbonyl (C=O) groups is 1. The summed E-state index contributed by atoms with van der Waals surface area (Å²) in [5.74, 6) is -0.277. The molecule has 0 spiro atoms. The third-order valence-electron chi connectivity index (χ3n) is 6.54. The molecule has 5 rings (SSSR count). The van der Waals surface area contributed by atoms with Gasteiger partial charge in [-0.3, -0.25) is 8.98 Å². The second-order valence-corrected chi connectivity index (χ2v) is 11.1. The Labute approximate surface area is 212 Å². The molecular weight excluding hydrogens is 504 g/mol. The summed E-state index contributed by atoms with van der Waals surface area (Å²) in [5, 5.41) is 20.4. The van der Waals surface area contributed by atoms with Gasteiger partial charge in [0.1, 0.15) is 18.2 Å². The molecule has 1 saturated carbocycles. The number of benzene rings is 1. The number of nitrogens with two attached hydrogens (primary N) is 1. The maximum absolute atomic E-state index is 13.4. The van der Waals surface area contributed by atoms with Gasteiger partial charge >= 0.3 is 10.3 Å². The van der Waals surface area contributed by atoms with Gasteiger partial charge in [0.2, 0.25) is 5.78 Å². The molecule has 4 N–H and O–H groups in total. The molecule has 12 heteroatoms. The maximum atomic E-state index is 13.4. The molecule has 2 aliphatic rings. The van der Waals surface area contributed by atoms with Crippen molar-refractivity contribution in [3.63, 3.8) is 0 Å². The van der Waals surface area contributed by atoms with Crippen LogP contribution in [0.25, 0.3) is 0 Å². The molecule has 3 aromatic rings. The van der Waals surface area contributed by atoms with Gasteiger partial charge in [0.05, 0.1) is 29.8 Å². The molecule has 190 valence electrons. The van der Waals surface area contributed by atoms with Crippen molar-refractivity contribution in [2.24, 2.45) is 11.1 Å². The molecule has 1 aliphatic heterocycles. The first-order chi connectivity index (χ1) is 17.3. The fourth-order valence-corrected chi connectivity index (χ4v) is 6.04. The summed E-state index contributed by atoms with van der Waals surface area (Å²) >= 11 is 1.34. The number of nitrogens with one attached hydrogen (secondary N) is 1. The summed E-state index contributed by atoms with van der Waals surface area (Å²) < 4.78 is 32.9. The number of rotatable bonds is 8. The average Bonchev–Trinajstić information content (AvgIpc) is 3.48. The maximum Gasteiger partial charge on any atom is 0.333 e. The number of aliphatic hydroxyl groups is 1. The Hall–Kier alpha value is -2.74. The SMILES string of the molecule is NS(=O)(=O)OC[C@H]1C[C@@H](Nc2ncncc2C(=O)c2cc([C@@H]3OCCc4ccccc43)cs2)C[C@@H]1O. The Morgan fingerprint density at radius 1 is 1.31 bits per heavy atom. The highest BCUT2D eigenvalue weighted by atomic mass is 32.2. The highest BCUT2D eigenvalue weighted by Crippen LogP contribution is 2.36. The summed E-state index contributed by atoms with van der Waals surface area (Å²) in [7, 11) is -4.09. The topological polar surface area (TPSA) is 154 Å². The molecule has 36 heavy (non-hydrogen) atoms. The lowest BCUT2D eigenvalue weighted by Crippen LogP contribution is -2.24. The molecule has 2 aromatic heterocycles. The lowest BCUT2D eigenvalue weighted by atomic mass is 9.94. The Morgan fingerprint density at radius 2 is 2.14 bits per heavy atom. The van der Waals surface area contributed by atoms with Crippen molar-refractivity contribution in [3.8, 4) is 0 Å². The first-order valence-corrected chi connectivity index (χ1v) is 13.9. The van der Waals surface area contributed by atoms with Crippen LogP contribution in [-0.2, 0) is 25.6 Å². The van der Waals surface area contributed by atoms with Crippen molar-refractivity contribution in [3.05, 3.63) is 75.4 Å². The number of ether oxygens (including phenoxy) is 1. The van der Waals surface area contributed by atoms with Crippen molar-refractivity contribution in [1.82, 2.24) is 9.97 Å². The fraction of sp³-hybridized carbons (Fsp3) is 0.375. The number of carbonyl (C=O) groups excluding carboxylic acids is 1. The van der Waals surface area contributed by atoms with Gasteiger partial charge in [-0.2, -0.15) is 8.42 Å². The van der Waals surface area contributed by atoms with Crippen LogP contribution in [0.1, 0.15) is 50.9 Å². The first-order valence-electron chi connectivity index (χ1n) is 11.5. The average molecular weight is 531 g/mol. The van der Waals surface area contributed by atoms with E-state index in [1.165, 1.54) is 29.4 Å². The first kappa shape index (κ1) is 24.9. The minimum atomic E-state index is -4.09. The third-order valence-corrected chi connectivity index (χ3v) is 7.95. The van der Waals surface area contributed by atoms with Crippen molar-refractivity contribution >= 4 is 33.2 Å². The van der Waals surface area contributed by atoms with Crippen molar-refractivity contribution in [1.29, 1.82) is 0 Å². The molecule has 0 unspecified atom stereocenters. The quantitative estimate of drug-likeness (QED) is 0.372. The smallest absolute Gasteiger partial charge is 0.333 e. The van der Waals surface area contributed by atoms with Gasteiger partial charge in [-0.1, -0.05) is 24.3 Å². The van der Waals surface area contributed by atoms with Gasteiger partial charge in [0.15, 0.2) is 0 Å². The minimum Gasteiger partial charge on any atom is -0.393 e. The second-order valence-electron chi connectivity index (χ2n) is 8.98. The van der Waals surface area contributed by atoms with E-state index in [-0.39, 0.29) is 24.5 Å². The zero-order chi connectivity index (χ0) is 25.3. The molecule has 1 fully saturated rings. The number of hydrogen-bond acceptors (Lipinski definition) is 10. The van der Waals surface area contributed by atoms with E-state index in [4.69, 9.17) is 9.88 Å². The zero-order valence-electron chi connectivity index (χ0n) is 19.2. The number of nitrogens with zero attached hydrogens (tertiary/aromatic N) is 2. The van der Waals surface area contributed by atoms with Crippen molar-refractivity contribution in [2.75, 3.05) is 18.5 Å². The Morgan fingerprint density at radius 3 is 2.97 bits per heavy atom. The predicted octanol–water partition coefficient (Wildman–Crippen LogP) is 2.20. The number of thiophene rings is 1. The van der Waals surface area contributed by atoms with Gasteiger partial charge < -0.3 is 15.2 Å². The van der Waals surface area contributed by atoms with Gasteiger partial charge in [0, 0.05) is 18.2 Å². The van der Waals surface area contributed by atoms with Crippen LogP contribution in [0.4, 0.5) is 5.82 Å². The van der Waals surface area contributed by atoms with Crippen LogP contribution < -0.4 is 10.5 Å². The van der Waals surface area contributed by atoms with Crippen LogP contribution in [-0.4, -0.2) is 54.6 Å². The van der Waals surface area contributed by atoms with Crippen molar-refractivity contribution < 1.29 is 27.2 Å². The molecule has 4 atom stereocenters. The molecule has 0 bridgehead atoms. The monoisotopic (exact) mass is 530 g/mol. The Bertz CT molecular complexity index is 1360. The number of ketones is 1. The summed E-state index contributed by atoms with van der Waals surface area (Å²) in [6.45, 7) is 0.413. The minimum absolute atomic E-state index is 0.210. The van der Waals surface area contributed by atoms with Crippen LogP contribution in [0, 0.1) is 5.92 Å². The van der Waals surface area contributed by atoms with Crippen molar-refractivity contribution in [2.45, 2.75) is 37.5 Å². The summed E-state index contributed by atoms with van der Waals surface area (Å²) in [5.41, 5.74) is 3.61. The van der Waals surface area contributed by atoms with E-state index in [2.05, 4.69) is 31.6 Å². The highest BCUT2D eigenvalue weighted by Gasteiger charge is 2.35. The largest absolute Gasteiger partial charge is 0.393 e. The number of fused-ring (bicyclic) bond motifs is 1. The van der Waals surface area contributed by atoms with Gasteiger partial charge in [-0.15, -0.1) is 11.3 Å². The molecule has 3 heterocycles. The predicted molar refractivity (Wildman–Crippen MR) is 133 cm³/mol. The van der Waals surface area contributed by atoms with Gasteiger partial charge in [0.25, 0.3) is 0 Å². The van der Waals surface area contributed by atoms with E-state index in [1.807, 2.05) is 23.6 Å². The molecule has 0 amide bonds.